The van der Waals surface area contributed by atoms with Gasteiger partial charge in [0.15, 0.2) is 11.6 Å². The number of hydrogen-bond donors (Lipinski definition) is 1. The van der Waals surface area contributed by atoms with Crippen LogP contribution in [0.5, 0.6) is 11.5 Å². The molecule has 2 aromatic carbocycles. The lowest BCUT2D eigenvalue weighted by molar-refractivity contribution is 0.0992. The number of pyridine rings is 1. The van der Waals surface area contributed by atoms with E-state index < -0.39 is 21.7 Å². The third-order valence-corrected chi connectivity index (χ3v) is 5.89. The number of ether oxygens (including phenoxy) is 1. The number of halogens is 1. The number of hydrogen-bond acceptors (Lipinski definition) is 5. The standard InChI is InChI=1S/C20H16FN3O4S/c1-12-5-6-13(21)10-16(12)23-29(26,27)14-7-8-17-15(11-14)20(25)24(2)19-18(28-17)4-3-9-22-19/h3-11,23H,1-2H3. The third kappa shape index (κ3) is 3.40. The average molecular weight is 413 g/mol. The molecule has 3 aromatic rings. The topological polar surface area (TPSA) is 88.6 Å². The molecule has 0 aliphatic carbocycles. The Balaban J connectivity index is 1.75. The number of benzene rings is 2. The Morgan fingerprint density at radius 2 is 1.90 bits per heavy atom. The van der Waals surface area contributed by atoms with E-state index in [2.05, 4.69) is 9.71 Å². The normalized spacial score (nSPS) is 13.2. The monoisotopic (exact) mass is 413 g/mol. The fourth-order valence-electron chi connectivity index (χ4n) is 2.95. The molecule has 0 atom stereocenters. The predicted octanol–water partition coefficient (Wildman–Crippen LogP) is 3.71. The van der Waals surface area contributed by atoms with Gasteiger partial charge in [-0.15, -0.1) is 0 Å². The van der Waals surface area contributed by atoms with Gasteiger partial charge in [-0.25, -0.2) is 17.8 Å². The fourth-order valence-corrected chi connectivity index (χ4v) is 4.10. The van der Waals surface area contributed by atoms with Crippen molar-refractivity contribution in [3.8, 4) is 11.5 Å². The van der Waals surface area contributed by atoms with Gasteiger partial charge in [0.05, 0.1) is 16.1 Å². The molecule has 9 heteroatoms. The first-order valence-electron chi connectivity index (χ1n) is 8.60. The minimum absolute atomic E-state index is 0.0735. The number of carbonyl (C=O) groups is 1. The molecule has 0 unspecified atom stereocenters. The van der Waals surface area contributed by atoms with Crippen molar-refractivity contribution in [3.63, 3.8) is 0 Å². The maximum absolute atomic E-state index is 13.5. The molecule has 7 nitrogen and oxygen atoms in total. The first-order chi connectivity index (χ1) is 13.8. The van der Waals surface area contributed by atoms with Gasteiger partial charge in [-0.3, -0.25) is 14.4 Å². The molecule has 1 aliphatic rings. The highest BCUT2D eigenvalue weighted by atomic mass is 32.2. The molecular weight excluding hydrogens is 397 g/mol. The van der Waals surface area contributed by atoms with Gasteiger partial charge in [0.25, 0.3) is 15.9 Å². The second-order valence-electron chi connectivity index (χ2n) is 6.51. The van der Waals surface area contributed by atoms with Crippen molar-refractivity contribution >= 4 is 27.4 Å². The molecule has 0 radical (unpaired) electrons. The van der Waals surface area contributed by atoms with Crippen molar-refractivity contribution in [3.05, 3.63) is 71.7 Å². The molecule has 1 aromatic heterocycles. The zero-order valence-corrected chi connectivity index (χ0v) is 16.3. The van der Waals surface area contributed by atoms with E-state index in [0.717, 1.165) is 6.07 Å². The Labute approximate surface area is 166 Å². The number of carbonyl (C=O) groups excluding carboxylic acids is 1. The molecule has 148 valence electrons. The molecule has 0 saturated carbocycles. The summed E-state index contributed by atoms with van der Waals surface area (Å²) in [5.74, 6) is -0.102. The molecule has 4 rings (SSSR count). The number of aryl methyl sites for hydroxylation is 1. The van der Waals surface area contributed by atoms with E-state index in [1.165, 1.54) is 48.5 Å². The summed E-state index contributed by atoms with van der Waals surface area (Å²) < 4.78 is 47.3. The lowest BCUT2D eigenvalue weighted by atomic mass is 10.2. The van der Waals surface area contributed by atoms with Gasteiger partial charge in [-0.1, -0.05) is 6.07 Å². The van der Waals surface area contributed by atoms with Gasteiger partial charge in [-0.2, -0.15) is 0 Å². The molecule has 0 saturated heterocycles. The summed E-state index contributed by atoms with van der Waals surface area (Å²) in [6.45, 7) is 1.66. The smallest absolute Gasteiger partial charge is 0.263 e. The van der Waals surface area contributed by atoms with Gasteiger partial charge in [0.2, 0.25) is 0 Å². The Morgan fingerprint density at radius 3 is 2.69 bits per heavy atom. The highest BCUT2D eigenvalue weighted by Gasteiger charge is 2.28. The number of nitrogens with one attached hydrogen (secondary N) is 1. The van der Waals surface area contributed by atoms with Crippen LogP contribution in [-0.4, -0.2) is 26.4 Å². The Hall–Kier alpha value is -3.46. The van der Waals surface area contributed by atoms with E-state index in [9.17, 15) is 17.6 Å². The summed E-state index contributed by atoms with van der Waals surface area (Å²) in [6.07, 6.45) is 1.53. The molecular formula is C20H16FN3O4S. The van der Waals surface area contributed by atoms with E-state index >= 15 is 0 Å². The zero-order chi connectivity index (χ0) is 20.8. The van der Waals surface area contributed by atoms with Crippen LogP contribution in [-0.2, 0) is 10.0 Å². The third-order valence-electron chi connectivity index (χ3n) is 4.53. The van der Waals surface area contributed by atoms with Crippen LogP contribution in [0.15, 0.2) is 59.6 Å². The van der Waals surface area contributed by atoms with E-state index in [0.29, 0.717) is 17.1 Å². The number of rotatable bonds is 3. The van der Waals surface area contributed by atoms with Crippen molar-refractivity contribution < 1.29 is 22.3 Å². The largest absolute Gasteiger partial charge is 0.453 e. The van der Waals surface area contributed by atoms with Gasteiger partial charge >= 0.3 is 0 Å². The Morgan fingerprint density at radius 1 is 1.10 bits per heavy atom. The molecule has 1 aliphatic heterocycles. The number of amides is 1. The highest BCUT2D eigenvalue weighted by molar-refractivity contribution is 7.92. The van der Waals surface area contributed by atoms with Crippen LogP contribution < -0.4 is 14.4 Å². The van der Waals surface area contributed by atoms with Crippen LogP contribution in [0.4, 0.5) is 15.9 Å². The SMILES string of the molecule is Cc1ccc(F)cc1NS(=O)(=O)c1ccc2c(c1)C(=O)N(C)c1ncccc1O2. The number of sulfonamides is 1. The van der Waals surface area contributed by atoms with Crippen molar-refractivity contribution in [2.75, 3.05) is 16.7 Å². The second-order valence-corrected chi connectivity index (χ2v) is 8.20. The van der Waals surface area contributed by atoms with Crippen molar-refractivity contribution in [1.29, 1.82) is 0 Å². The fraction of sp³-hybridized carbons (Fsp3) is 0.100. The van der Waals surface area contributed by atoms with Crippen molar-refractivity contribution in [2.45, 2.75) is 11.8 Å². The minimum atomic E-state index is -4.06. The summed E-state index contributed by atoms with van der Waals surface area (Å²) in [5.41, 5.74) is 0.756. The maximum atomic E-state index is 13.5. The molecule has 0 bridgehead atoms. The molecule has 29 heavy (non-hydrogen) atoms. The lowest BCUT2D eigenvalue weighted by Crippen LogP contribution is -2.26. The average Bonchev–Trinajstić information content (AvgIpc) is 2.79. The van der Waals surface area contributed by atoms with E-state index in [1.54, 1.807) is 19.1 Å². The van der Waals surface area contributed by atoms with Crippen LogP contribution in [0.1, 0.15) is 15.9 Å². The van der Waals surface area contributed by atoms with Crippen LogP contribution in [0.3, 0.4) is 0 Å². The van der Waals surface area contributed by atoms with E-state index in [-0.39, 0.29) is 21.9 Å². The highest BCUT2D eigenvalue weighted by Crippen LogP contribution is 2.37. The zero-order valence-electron chi connectivity index (χ0n) is 15.5. The Kier molecular flexibility index (Phi) is 4.46. The molecule has 0 spiro atoms. The first kappa shape index (κ1) is 18.9. The van der Waals surface area contributed by atoms with Crippen LogP contribution in [0.25, 0.3) is 0 Å². The van der Waals surface area contributed by atoms with Gasteiger partial charge in [-0.05, 0) is 55.0 Å². The molecule has 1 N–H and O–H groups in total. The van der Waals surface area contributed by atoms with Crippen LogP contribution in [0, 0.1) is 12.7 Å². The minimum Gasteiger partial charge on any atom is -0.453 e. The Bertz CT molecular complexity index is 1240. The molecule has 1 amide bonds. The van der Waals surface area contributed by atoms with Gasteiger partial charge in [0, 0.05) is 13.2 Å². The van der Waals surface area contributed by atoms with E-state index in [1.807, 2.05) is 0 Å². The number of nitrogens with zero attached hydrogens (tertiary/aromatic N) is 2. The van der Waals surface area contributed by atoms with E-state index in [4.69, 9.17) is 4.74 Å². The maximum Gasteiger partial charge on any atom is 0.263 e. The number of fused-ring (bicyclic) bond motifs is 2. The summed E-state index contributed by atoms with van der Waals surface area (Å²) >= 11 is 0. The molecule has 0 fully saturated rings. The molecule has 2 heterocycles. The van der Waals surface area contributed by atoms with Crippen LogP contribution >= 0.6 is 0 Å². The predicted molar refractivity (Wildman–Crippen MR) is 105 cm³/mol. The van der Waals surface area contributed by atoms with Crippen LogP contribution in [0.2, 0.25) is 0 Å². The summed E-state index contributed by atoms with van der Waals surface area (Å²) in [7, 11) is -2.53. The summed E-state index contributed by atoms with van der Waals surface area (Å²) in [6, 6.07) is 11.1. The quantitative estimate of drug-likeness (QED) is 0.707. The lowest BCUT2D eigenvalue weighted by Gasteiger charge is -2.15. The van der Waals surface area contributed by atoms with Gasteiger partial charge in [0.1, 0.15) is 11.6 Å². The van der Waals surface area contributed by atoms with Crippen molar-refractivity contribution in [2.24, 2.45) is 0 Å². The first-order valence-corrected chi connectivity index (χ1v) is 10.1. The van der Waals surface area contributed by atoms with Crippen molar-refractivity contribution in [1.82, 2.24) is 4.98 Å². The summed E-state index contributed by atoms with van der Waals surface area (Å²) in [5, 5.41) is 0. The number of anilines is 2. The number of aromatic nitrogens is 1. The van der Waals surface area contributed by atoms with Gasteiger partial charge < -0.3 is 4.74 Å². The summed E-state index contributed by atoms with van der Waals surface area (Å²) in [4.78, 5) is 18.2. The second kappa shape index (κ2) is 6.85.